The SMILES string of the molecule is CCOc1ccccc1N1CCN(Cn2nc3c(Cl)cc(Cl)cn3c2=S)CC1. The van der Waals surface area contributed by atoms with Crippen molar-refractivity contribution >= 4 is 46.8 Å². The monoisotopic (exact) mass is 437 g/mol. The molecular weight excluding hydrogens is 417 g/mol. The van der Waals surface area contributed by atoms with Gasteiger partial charge in [-0.25, -0.2) is 4.68 Å². The fourth-order valence-electron chi connectivity index (χ4n) is 3.45. The minimum absolute atomic E-state index is 0.495. The number of rotatable bonds is 5. The zero-order chi connectivity index (χ0) is 19.7. The summed E-state index contributed by atoms with van der Waals surface area (Å²) in [5, 5.41) is 5.60. The fraction of sp³-hybridized carbons (Fsp3) is 0.368. The molecule has 0 amide bonds. The van der Waals surface area contributed by atoms with Crippen molar-refractivity contribution in [3.63, 3.8) is 0 Å². The van der Waals surface area contributed by atoms with Crippen molar-refractivity contribution in [3.8, 4) is 5.75 Å². The molecular formula is C19H21Cl2N5OS. The van der Waals surface area contributed by atoms with Gasteiger partial charge in [-0.3, -0.25) is 9.30 Å². The Hall–Kier alpha value is -1.80. The third-order valence-electron chi connectivity index (χ3n) is 4.81. The molecule has 148 valence electrons. The maximum absolute atomic E-state index is 6.26. The molecule has 28 heavy (non-hydrogen) atoms. The molecule has 1 saturated heterocycles. The van der Waals surface area contributed by atoms with Gasteiger partial charge in [0, 0.05) is 32.4 Å². The largest absolute Gasteiger partial charge is 0.492 e. The van der Waals surface area contributed by atoms with Crippen molar-refractivity contribution in [2.45, 2.75) is 13.6 Å². The van der Waals surface area contributed by atoms with E-state index in [9.17, 15) is 0 Å². The van der Waals surface area contributed by atoms with E-state index in [1.165, 1.54) is 0 Å². The number of nitrogens with zero attached hydrogens (tertiary/aromatic N) is 5. The van der Waals surface area contributed by atoms with E-state index in [0.717, 1.165) is 37.6 Å². The molecule has 0 radical (unpaired) electrons. The van der Waals surface area contributed by atoms with E-state index < -0.39 is 0 Å². The Balaban J connectivity index is 1.47. The number of aromatic nitrogens is 3. The van der Waals surface area contributed by atoms with Crippen molar-refractivity contribution in [2.75, 3.05) is 37.7 Å². The van der Waals surface area contributed by atoms with E-state index in [4.69, 9.17) is 40.2 Å². The van der Waals surface area contributed by atoms with Crippen LogP contribution in [0.25, 0.3) is 5.65 Å². The molecule has 0 bridgehead atoms. The highest BCUT2D eigenvalue weighted by atomic mass is 35.5. The Morgan fingerprint density at radius 1 is 1.14 bits per heavy atom. The molecule has 0 unspecified atom stereocenters. The number of halogens is 2. The number of hydrogen-bond donors (Lipinski definition) is 0. The fourth-order valence-corrected chi connectivity index (χ4v) is 4.20. The summed E-state index contributed by atoms with van der Waals surface area (Å²) in [6.07, 6.45) is 1.75. The van der Waals surface area contributed by atoms with Crippen LogP contribution in [0.1, 0.15) is 6.92 Å². The Labute approximate surface area is 178 Å². The maximum atomic E-state index is 6.26. The first-order valence-corrected chi connectivity index (χ1v) is 10.4. The zero-order valence-corrected chi connectivity index (χ0v) is 17.8. The van der Waals surface area contributed by atoms with Gasteiger partial charge in [0.05, 0.1) is 29.0 Å². The van der Waals surface area contributed by atoms with Crippen LogP contribution < -0.4 is 9.64 Å². The van der Waals surface area contributed by atoms with Crippen LogP contribution in [0.5, 0.6) is 5.75 Å². The summed E-state index contributed by atoms with van der Waals surface area (Å²) in [7, 11) is 0. The summed E-state index contributed by atoms with van der Waals surface area (Å²) in [5.41, 5.74) is 1.77. The van der Waals surface area contributed by atoms with Crippen LogP contribution in [0.2, 0.25) is 10.0 Å². The van der Waals surface area contributed by atoms with Gasteiger partial charge in [-0.05, 0) is 37.3 Å². The van der Waals surface area contributed by atoms with Crippen molar-refractivity contribution in [3.05, 3.63) is 51.3 Å². The predicted molar refractivity (Wildman–Crippen MR) is 115 cm³/mol. The van der Waals surface area contributed by atoms with Gasteiger partial charge in [0.25, 0.3) is 0 Å². The minimum Gasteiger partial charge on any atom is -0.492 e. The van der Waals surface area contributed by atoms with E-state index in [-0.39, 0.29) is 0 Å². The van der Waals surface area contributed by atoms with Gasteiger partial charge in [-0.15, -0.1) is 5.10 Å². The molecule has 0 aliphatic carbocycles. The number of para-hydroxylation sites is 2. The number of ether oxygens (including phenoxy) is 1. The summed E-state index contributed by atoms with van der Waals surface area (Å²) < 4.78 is 9.92. The molecule has 0 atom stereocenters. The Bertz CT molecular complexity index is 1040. The predicted octanol–water partition coefficient (Wildman–Crippen LogP) is 4.35. The van der Waals surface area contributed by atoms with Crippen LogP contribution in [0, 0.1) is 4.77 Å². The lowest BCUT2D eigenvalue weighted by Crippen LogP contribution is -2.47. The topological polar surface area (TPSA) is 37.9 Å². The van der Waals surface area contributed by atoms with Gasteiger partial charge in [0.15, 0.2) is 5.65 Å². The lowest BCUT2D eigenvalue weighted by Gasteiger charge is -2.36. The second-order valence-corrected chi connectivity index (χ2v) is 7.84. The summed E-state index contributed by atoms with van der Waals surface area (Å²) >= 11 is 17.9. The third-order valence-corrected chi connectivity index (χ3v) is 5.71. The Morgan fingerprint density at radius 2 is 1.89 bits per heavy atom. The van der Waals surface area contributed by atoms with E-state index >= 15 is 0 Å². The molecule has 1 aliphatic rings. The van der Waals surface area contributed by atoms with Crippen molar-refractivity contribution in [1.29, 1.82) is 0 Å². The molecule has 9 heteroatoms. The lowest BCUT2D eigenvalue weighted by atomic mass is 10.2. The molecule has 0 N–H and O–H groups in total. The lowest BCUT2D eigenvalue weighted by molar-refractivity contribution is 0.194. The zero-order valence-electron chi connectivity index (χ0n) is 15.5. The molecule has 4 rings (SSSR count). The Morgan fingerprint density at radius 3 is 2.64 bits per heavy atom. The molecule has 6 nitrogen and oxygen atoms in total. The van der Waals surface area contributed by atoms with Crippen molar-refractivity contribution in [2.24, 2.45) is 0 Å². The highest BCUT2D eigenvalue weighted by Gasteiger charge is 2.21. The molecule has 2 aromatic heterocycles. The third kappa shape index (κ3) is 3.85. The van der Waals surface area contributed by atoms with Crippen LogP contribution in [-0.4, -0.2) is 51.9 Å². The first-order chi connectivity index (χ1) is 13.6. The van der Waals surface area contributed by atoms with Crippen LogP contribution in [0.15, 0.2) is 36.5 Å². The van der Waals surface area contributed by atoms with Crippen molar-refractivity contribution < 1.29 is 4.74 Å². The number of pyridine rings is 1. The summed E-state index contributed by atoms with van der Waals surface area (Å²) in [5.74, 6) is 0.938. The minimum atomic E-state index is 0.495. The van der Waals surface area contributed by atoms with Crippen LogP contribution in [0.4, 0.5) is 5.69 Å². The van der Waals surface area contributed by atoms with Gasteiger partial charge in [0.1, 0.15) is 5.75 Å². The second kappa shape index (κ2) is 8.29. The number of benzene rings is 1. The smallest absolute Gasteiger partial charge is 0.203 e. The summed E-state index contributed by atoms with van der Waals surface area (Å²) in [4.78, 5) is 4.69. The van der Waals surface area contributed by atoms with E-state index in [1.807, 2.05) is 19.1 Å². The summed E-state index contributed by atoms with van der Waals surface area (Å²) in [6, 6.07) is 9.88. The number of piperazine rings is 1. The molecule has 0 spiro atoms. The molecule has 1 aromatic carbocycles. The molecule has 3 aromatic rings. The van der Waals surface area contributed by atoms with Crippen LogP contribution >= 0.6 is 35.4 Å². The first kappa shape index (κ1) is 19.5. The van der Waals surface area contributed by atoms with Crippen LogP contribution in [-0.2, 0) is 6.67 Å². The molecule has 0 saturated carbocycles. The van der Waals surface area contributed by atoms with Gasteiger partial charge < -0.3 is 9.64 Å². The van der Waals surface area contributed by atoms with Gasteiger partial charge in [-0.2, -0.15) is 0 Å². The average molecular weight is 438 g/mol. The highest BCUT2D eigenvalue weighted by molar-refractivity contribution is 7.71. The number of fused-ring (bicyclic) bond motifs is 1. The van der Waals surface area contributed by atoms with E-state index in [0.29, 0.717) is 33.7 Å². The standard InChI is InChI=1S/C19H21Cl2N5OS/c1-2-27-17-6-4-3-5-16(17)24-9-7-23(8-10-24)13-26-19(28)25-12-14(20)11-15(21)18(25)22-26/h3-6,11-12H,2,7-10,13H2,1H3. The normalized spacial score (nSPS) is 15.3. The first-order valence-electron chi connectivity index (χ1n) is 9.20. The average Bonchev–Trinajstić information content (AvgIpc) is 3.00. The number of hydrogen-bond acceptors (Lipinski definition) is 5. The Kier molecular flexibility index (Phi) is 5.78. The molecule has 1 fully saturated rings. The molecule has 1 aliphatic heterocycles. The van der Waals surface area contributed by atoms with Gasteiger partial charge >= 0.3 is 0 Å². The van der Waals surface area contributed by atoms with Gasteiger partial charge in [0.2, 0.25) is 4.77 Å². The van der Waals surface area contributed by atoms with Gasteiger partial charge in [-0.1, -0.05) is 35.3 Å². The highest BCUT2D eigenvalue weighted by Crippen LogP contribution is 2.29. The summed E-state index contributed by atoms with van der Waals surface area (Å²) in [6.45, 7) is 6.93. The van der Waals surface area contributed by atoms with Crippen molar-refractivity contribution in [1.82, 2.24) is 19.1 Å². The van der Waals surface area contributed by atoms with E-state index in [2.05, 4.69) is 27.0 Å². The quantitative estimate of drug-likeness (QED) is 0.554. The molecule has 3 heterocycles. The van der Waals surface area contributed by atoms with Crippen LogP contribution in [0.3, 0.4) is 0 Å². The second-order valence-electron chi connectivity index (χ2n) is 6.63. The maximum Gasteiger partial charge on any atom is 0.203 e. The number of anilines is 1. The van der Waals surface area contributed by atoms with E-state index in [1.54, 1.807) is 21.3 Å².